The van der Waals surface area contributed by atoms with Gasteiger partial charge < -0.3 is 0 Å². The first-order valence-electron chi connectivity index (χ1n) is 16.9. The molecule has 0 nitrogen and oxygen atoms in total. The summed E-state index contributed by atoms with van der Waals surface area (Å²) in [5.41, 5.74) is 0. The SMILES string of the molecule is Br.C(CCB1C2CCCC1CCC2)CCP(C12CC3CC(CC(C3)C1)C2)C12CC3CC(CC(C3)C1)C2. The first-order chi connectivity index (χ1) is 17.2. The van der Waals surface area contributed by atoms with E-state index >= 15 is 0 Å². The summed E-state index contributed by atoms with van der Waals surface area (Å²) in [4.78, 5) is 0. The van der Waals surface area contributed by atoms with Crippen molar-refractivity contribution in [2.45, 2.75) is 163 Å². The molecule has 0 unspecified atom stereocenters. The highest BCUT2D eigenvalue weighted by atomic mass is 79.9. The fraction of sp³-hybridized carbons (Fsp3) is 1.00. The molecule has 0 radical (unpaired) electrons. The summed E-state index contributed by atoms with van der Waals surface area (Å²) >= 11 is 0. The average molecular weight is 573 g/mol. The molecule has 10 bridgehead atoms. The number of hydrogen-bond acceptors (Lipinski definition) is 0. The van der Waals surface area contributed by atoms with Gasteiger partial charge in [0.15, 0.2) is 0 Å². The fourth-order valence-electron chi connectivity index (χ4n) is 13.9. The second-order valence-electron chi connectivity index (χ2n) is 16.3. The molecule has 10 fully saturated rings. The molecule has 2 saturated heterocycles. The Kier molecular flexibility index (Phi) is 7.28. The first-order valence-corrected chi connectivity index (χ1v) is 18.5. The van der Waals surface area contributed by atoms with Gasteiger partial charge in [-0.2, -0.15) is 0 Å². The minimum atomic E-state index is 0. The van der Waals surface area contributed by atoms with Gasteiger partial charge in [0.25, 0.3) is 0 Å². The summed E-state index contributed by atoms with van der Waals surface area (Å²) in [7, 11) is 0.250. The van der Waals surface area contributed by atoms with Crippen LogP contribution in [0.3, 0.4) is 0 Å². The lowest BCUT2D eigenvalue weighted by atomic mass is 9.26. The van der Waals surface area contributed by atoms with Crippen molar-refractivity contribution < 1.29 is 0 Å². The van der Waals surface area contributed by atoms with Crippen molar-refractivity contribution in [1.82, 2.24) is 0 Å². The number of rotatable bonds is 8. The lowest BCUT2D eigenvalue weighted by Gasteiger charge is -2.67. The molecule has 36 heavy (non-hydrogen) atoms. The van der Waals surface area contributed by atoms with Crippen molar-refractivity contribution in [3.63, 3.8) is 0 Å². The Bertz CT molecular complexity index is 658. The van der Waals surface area contributed by atoms with Gasteiger partial charge in [0.2, 0.25) is 0 Å². The minimum Gasteiger partial charge on any atom is -0.114 e. The Morgan fingerprint density at radius 2 is 0.917 bits per heavy atom. The lowest BCUT2D eigenvalue weighted by molar-refractivity contribution is 0.0185. The Balaban J connectivity index is 0.00000220. The van der Waals surface area contributed by atoms with Crippen LogP contribution < -0.4 is 0 Å². The zero-order chi connectivity index (χ0) is 23.0. The van der Waals surface area contributed by atoms with E-state index in [1.165, 1.54) is 0 Å². The molecule has 0 N–H and O–H groups in total. The first kappa shape index (κ1) is 25.9. The van der Waals surface area contributed by atoms with Gasteiger partial charge in [-0.3, -0.25) is 0 Å². The third-order valence-corrected chi connectivity index (χ3v) is 18.2. The van der Waals surface area contributed by atoms with E-state index in [1.54, 1.807) is 147 Å². The van der Waals surface area contributed by atoms with Crippen LogP contribution in [0.5, 0.6) is 0 Å². The molecule has 2 heterocycles. The van der Waals surface area contributed by atoms with Crippen molar-refractivity contribution >= 4 is 31.6 Å². The number of halogens is 1. The second kappa shape index (κ2) is 10.1. The monoisotopic (exact) mass is 572 g/mol. The molecule has 2 aliphatic heterocycles. The van der Waals surface area contributed by atoms with Crippen LogP contribution in [-0.2, 0) is 0 Å². The van der Waals surface area contributed by atoms with E-state index in [4.69, 9.17) is 0 Å². The standard InChI is InChI=1S/C33H54BP.BrH/c1(2-10-34-30-6-4-7-31(34)9-5-8-30)3-11-35(32-18-24-12-25(19-32)14-26(13-24)20-32)33-21-27-15-28(22-33)17-29(16-27)23-33;/h24-31H,1-23H2;1H. The maximum atomic E-state index is 1.71. The van der Waals surface area contributed by atoms with Crippen molar-refractivity contribution in [3.05, 3.63) is 0 Å². The normalized spacial score (nSPS) is 50.8. The zero-order valence-corrected chi connectivity index (χ0v) is 25.9. The van der Waals surface area contributed by atoms with Gasteiger partial charge in [0, 0.05) is 0 Å². The Morgan fingerprint density at radius 3 is 1.31 bits per heavy atom. The lowest BCUT2D eigenvalue weighted by Crippen LogP contribution is -2.56. The van der Waals surface area contributed by atoms with E-state index in [-0.39, 0.29) is 24.9 Å². The van der Waals surface area contributed by atoms with Crippen molar-refractivity contribution in [2.75, 3.05) is 6.16 Å². The van der Waals surface area contributed by atoms with Gasteiger partial charge in [-0.25, -0.2) is 0 Å². The summed E-state index contributed by atoms with van der Waals surface area (Å²) in [6.45, 7) is 1.14. The van der Waals surface area contributed by atoms with Crippen molar-refractivity contribution in [1.29, 1.82) is 0 Å². The van der Waals surface area contributed by atoms with Crippen LogP contribution in [-0.4, -0.2) is 23.2 Å². The highest BCUT2D eigenvalue weighted by Gasteiger charge is 2.62. The molecule has 3 heteroatoms. The number of hydrogen-bond donors (Lipinski definition) is 0. The van der Waals surface area contributed by atoms with E-state index in [9.17, 15) is 0 Å². The molecule has 0 atom stereocenters. The topological polar surface area (TPSA) is 0 Å². The van der Waals surface area contributed by atoms with Gasteiger partial charge in [-0.1, -0.05) is 77.2 Å². The summed E-state index contributed by atoms with van der Waals surface area (Å²) < 4.78 is 0. The molecule has 8 saturated carbocycles. The van der Waals surface area contributed by atoms with Crippen molar-refractivity contribution in [2.24, 2.45) is 35.5 Å². The largest absolute Gasteiger partial charge is 0.146 e. The molecule has 10 aliphatic rings. The van der Waals surface area contributed by atoms with E-state index in [0.29, 0.717) is 0 Å². The molecule has 0 aromatic heterocycles. The van der Waals surface area contributed by atoms with Crippen LogP contribution in [0.4, 0.5) is 0 Å². The van der Waals surface area contributed by atoms with E-state index < -0.39 is 0 Å². The Labute approximate surface area is 235 Å². The van der Waals surface area contributed by atoms with Crippen LogP contribution in [0.25, 0.3) is 0 Å². The molecule has 0 aromatic rings. The van der Waals surface area contributed by atoms with E-state index in [1.807, 2.05) is 0 Å². The smallest absolute Gasteiger partial charge is 0.114 e. The van der Waals surface area contributed by atoms with Gasteiger partial charge >= 0.3 is 0 Å². The Morgan fingerprint density at radius 1 is 0.528 bits per heavy atom. The van der Waals surface area contributed by atoms with Crippen LogP contribution in [0, 0.1) is 35.5 Å². The number of unbranched alkanes of at least 4 members (excludes halogenated alkanes) is 2. The predicted octanol–water partition coefficient (Wildman–Crippen LogP) is 10.8. The van der Waals surface area contributed by atoms with Gasteiger partial charge in [-0.05, 0) is 135 Å². The molecule has 0 amide bonds. The van der Waals surface area contributed by atoms with Gasteiger partial charge in [0.1, 0.15) is 6.71 Å². The van der Waals surface area contributed by atoms with E-state index in [0.717, 1.165) is 64.2 Å². The maximum Gasteiger partial charge on any atom is 0.146 e. The van der Waals surface area contributed by atoms with Crippen LogP contribution in [0.2, 0.25) is 18.0 Å². The summed E-state index contributed by atoms with van der Waals surface area (Å²) in [5.74, 6) is 9.22. The third-order valence-electron chi connectivity index (χ3n) is 14.1. The third kappa shape index (κ3) is 4.48. The molecular formula is C33H55BBrP. The molecule has 10 rings (SSSR count). The maximum absolute atomic E-state index is 1.71. The summed E-state index contributed by atoms with van der Waals surface area (Å²) in [5, 5.41) is 1.74. The molecule has 202 valence electrons. The molecule has 8 aliphatic carbocycles. The van der Waals surface area contributed by atoms with Crippen LogP contribution >= 0.6 is 24.9 Å². The van der Waals surface area contributed by atoms with Gasteiger partial charge in [0.05, 0.1) is 0 Å². The second-order valence-corrected chi connectivity index (χ2v) is 19.5. The van der Waals surface area contributed by atoms with Gasteiger partial charge in [-0.15, -0.1) is 17.0 Å². The zero-order valence-electron chi connectivity index (χ0n) is 23.3. The summed E-state index contributed by atoms with van der Waals surface area (Å²) in [6.07, 6.45) is 37.7. The minimum absolute atomic E-state index is 0. The highest BCUT2D eigenvalue weighted by molar-refractivity contribution is 8.93. The number of fused-ring (bicyclic) bond motifs is 2. The molecule has 0 aromatic carbocycles. The molecular weight excluding hydrogens is 518 g/mol. The highest BCUT2D eigenvalue weighted by Crippen LogP contribution is 2.79. The molecule has 0 spiro atoms. The van der Waals surface area contributed by atoms with Crippen LogP contribution in [0.1, 0.15) is 135 Å². The fourth-order valence-corrected chi connectivity index (χ4v) is 19.2. The van der Waals surface area contributed by atoms with Crippen LogP contribution in [0.15, 0.2) is 0 Å². The predicted molar refractivity (Wildman–Crippen MR) is 164 cm³/mol. The Hall–Kier alpha value is 0.975. The quantitative estimate of drug-likeness (QED) is 0.154. The summed E-state index contributed by atoms with van der Waals surface area (Å²) in [6, 6.07) is 0. The van der Waals surface area contributed by atoms with Crippen molar-refractivity contribution in [3.8, 4) is 0 Å². The van der Waals surface area contributed by atoms with E-state index in [2.05, 4.69) is 0 Å². The average Bonchev–Trinajstić information content (AvgIpc) is 2.79.